The zero-order chi connectivity index (χ0) is 14.5. The van der Waals surface area contributed by atoms with Crippen LogP contribution < -0.4 is 0 Å². The van der Waals surface area contributed by atoms with Crippen molar-refractivity contribution in [2.75, 3.05) is 6.54 Å². The molecule has 1 atom stereocenters. The Bertz CT molecular complexity index is 597. The summed E-state index contributed by atoms with van der Waals surface area (Å²) in [5.74, 6) is 0.612. The van der Waals surface area contributed by atoms with Gasteiger partial charge in [-0.15, -0.1) is 0 Å². The summed E-state index contributed by atoms with van der Waals surface area (Å²) in [6, 6.07) is 8.52. The fourth-order valence-corrected chi connectivity index (χ4v) is 3.34. The molecular formula is C17H21NO2. The molecule has 0 amide bonds. The standard InChI is InChI=1S/C17H21NO2/c1-11(2)15-18-10-9-12-7-5-6-8-13(12)14(18)17(3,4)16(19)20-15/h5-8,14H,9-10H2,1-4H3. The molecular weight excluding hydrogens is 250 g/mol. The predicted molar refractivity (Wildman–Crippen MR) is 77.8 cm³/mol. The lowest BCUT2D eigenvalue weighted by atomic mass is 9.74. The van der Waals surface area contributed by atoms with Gasteiger partial charge in [0.1, 0.15) is 0 Å². The molecule has 2 aliphatic heterocycles. The molecule has 2 heterocycles. The average Bonchev–Trinajstić information content (AvgIpc) is 2.41. The molecule has 0 bridgehead atoms. The molecule has 1 aromatic rings. The van der Waals surface area contributed by atoms with Gasteiger partial charge < -0.3 is 9.64 Å². The summed E-state index contributed by atoms with van der Waals surface area (Å²) in [5, 5.41) is 0. The van der Waals surface area contributed by atoms with Gasteiger partial charge in [0.25, 0.3) is 0 Å². The minimum atomic E-state index is -0.532. The fourth-order valence-electron chi connectivity index (χ4n) is 3.34. The van der Waals surface area contributed by atoms with Gasteiger partial charge in [0.15, 0.2) is 5.88 Å². The molecule has 0 radical (unpaired) electrons. The zero-order valence-electron chi connectivity index (χ0n) is 12.6. The van der Waals surface area contributed by atoms with Crippen LogP contribution in [0.25, 0.3) is 0 Å². The van der Waals surface area contributed by atoms with E-state index in [1.807, 2.05) is 27.7 Å². The molecule has 0 spiro atoms. The van der Waals surface area contributed by atoms with E-state index in [-0.39, 0.29) is 12.0 Å². The lowest BCUT2D eigenvalue weighted by Crippen LogP contribution is -2.51. The maximum Gasteiger partial charge on any atom is 0.320 e. The summed E-state index contributed by atoms with van der Waals surface area (Å²) >= 11 is 0. The van der Waals surface area contributed by atoms with E-state index in [0.717, 1.165) is 24.4 Å². The highest BCUT2D eigenvalue weighted by atomic mass is 16.6. The molecule has 1 unspecified atom stereocenters. The second-order valence-electron chi connectivity index (χ2n) is 6.46. The van der Waals surface area contributed by atoms with Crippen molar-refractivity contribution in [1.29, 1.82) is 0 Å². The molecule has 3 rings (SSSR count). The molecule has 0 saturated carbocycles. The highest BCUT2D eigenvalue weighted by Gasteiger charge is 2.50. The van der Waals surface area contributed by atoms with Crippen LogP contribution in [0.15, 0.2) is 35.7 Å². The topological polar surface area (TPSA) is 29.5 Å². The van der Waals surface area contributed by atoms with Crippen molar-refractivity contribution in [2.45, 2.75) is 40.2 Å². The van der Waals surface area contributed by atoms with Crippen molar-refractivity contribution in [2.24, 2.45) is 5.41 Å². The van der Waals surface area contributed by atoms with Gasteiger partial charge in [-0.3, -0.25) is 4.79 Å². The number of cyclic esters (lactones) is 1. The Morgan fingerprint density at radius 1 is 1.30 bits per heavy atom. The molecule has 0 aliphatic carbocycles. The van der Waals surface area contributed by atoms with E-state index in [0.29, 0.717) is 0 Å². The highest BCUT2D eigenvalue weighted by molar-refractivity contribution is 5.79. The van der Waals surface area contributed by atoms with Crippen molar-refractivity contribution < 1.29 is 9.53 Å². The zero-order valence-corrected chi connectivity index (χ0v) is 12.6. The second kappa shape index (κ2) is 4.37. The number of nitrogens with zero attached hydrogens (tertiary/aromatic N) is 1. The van der Waals surface area contributed by atoms with E-state index in [9.17, 15) is 4.79 Å². The van der Waals surface area contributed by atoms with Crippen LogP contribution >= 0.6 is 0 Å². The van der Waals surface area contributed by atoms with E-state index in [2.05, 4.69) is 29.2 Å². The molecule has 1 saturated heterocycles. The Labute approximate surface area is 120 Å². The number of esters is 1. The number of rotatable bonds is 0. The van der Waals surface area contributed by atoms with E-state index >= 15 is 0 Å². The summed E-state index contributed by atoms with van der Waals surface area (Å²) in [4.78, 5) is 14.7. The smallest absolute Gasteiger partial charge is 0.320 e. The van der Waals surface area contributed by atoms with Crippen LogP contribution in [-0.4, -0.2) is 17.4 Å². The molecule has 1 aromatic carbocycles. The first-order valence-corrected chi connectivity index (χ1v) is 7.17. The number of hydrogen-bond donors (Lipinski definition) is 0. The van der Waals surface area contributed by atoms with Gasteiger partial charge in [-0.25, -0.2) is 0 Å². The summed E-state index contributed by atoms with van der Waals surface area (Å²) < 4.78 is 5.61. The molecule has 20 heavy (non-hydrogen) atoms. The Kier molecular flexibility index (Phi) is 2.89. The summed E-state index contributed by atoms with van der Waals surface area (Å²) in [6.07, 6.45) is 0.997. The van der Waals surface area contributed by atoms with Gasteiger partial charge in [-0.2, -0.15) is 0 Å². The largest absolute Gasteiger partial charge is 0.409 e. The number of hydrogen-bond acceptors (Lipinski definition) is 3. The first kappa shape index (κ1) is 13.2. The van der Waals surface area contributed by atoms with Crippen LogP contribution in [0.1, 0.15) is 44.9 Å². The van der Waals surface area contributed by atoms with Gasteiger partial charge in [0.05, 0.1) is 11.5 Å². The number of benzene rings is 1. The third kappa shape index (κ3) is 1.76. The first-order valence-electron chi connectivity index (χ1n) is 7.17. The van der Waals surface area contributed by atoms with Crippen molar-refractivity contribution >= 4 is 5.97 Å². The Hall–Kier alpha value is -1.77. The van der Waals surface area contributed by atoms with E-state index in [1.165, 1.54) is 11.1 Å². The molecule has 2 aliphatic rings. The summed E-state index contributed by atoms with van der Waals surface area (Å²) in [5.41, 5.74) is 3.14. The molecule has 106 valence electrons. The minimum Gasteiger partial charge on any atom is -0.409 e. The molecule has 1 fully saturated rings. The van der Waals surface area contributed by atoms with Crippen LogP contribution in [0.4, 0.5) is 0 Å². The SMILES string of the molecule is CC(C)=C1OC(=O)C(C)(C)C2c3ccccc3CCN12. The third-order valence-electron chi connectivity index (χ3n) is 4.37. The monoisotopic (exact) mass is 271 g/mol. The quantitative estimate of drug-likeness (QED) is 0.677. The van der Waals surface area contributed by atoms with E-state index < -0.39 is 5.41 Å². The van der Waals surface area contributed by atoms with Crippen molar-refractivity contribution in [1.82, 2.24) is 4.90 Å². The Morgan fingerprint density at radius 2 is 2.00 bits per heavy atom. The predicted octanol–water partition coefficient (Wildman–Crippen LogP) is 3.42. The van der Waals surface area contributed by atoms with Gasteiger partial charge >= 0.3 is 5.97 Å². The molecule has 0 N–H and O–H groups in total. The molecule has 3 heteroatoms. The van der Waals surface area contributed by atoms with Crippen molar-refractivity contribution in [3.05, 3.63) is 46.8 Å². The minimum absolute atomic E-state index is 0.0681. The maximum atomic E-state index is 12.4. The van der Waals surface area contributed by atoms with Crippen LogP contribution in [0, 0.1) is 5.41 Å². The molecule has 0 aromatic heterocycles. The number of ether oxygens (including phenoxy) is 1. The fraction of sp³-hybridized carbons (Fsp3) is 0.471. The van der Waals surface area contributed by atoms with Crippen LogP contribution in [0.2, 0.25) is 0 Å². The van der Waals surface area contributed by atoms with Gasteiger partial charge in [0.2, 0.25) is 0 Å². The number of allylic oxidation sites excluding steroid dienone is 1. The van der Waals surface area contributed by atoms with Crippen LogP contribution in [-0.2, 0) is 16.0 Å². The van der Waals surface area contributed by atoms with Crippen LogP contribution in [0.5, 0.6) is 0 Å². The van der Waals surface area contributed by atoms with E-state index in [1.54, 1.807) is 0 Å². The summed E-state index contributed by atoms with van der Waals surface area (Å²) in [7, 11) is 0. The maximum absolute atomic E-state index is 12.4. The molecule has 3 nitrogen and oxygen atoms in total. The summed E-state index contributed by atoms with van der Waals surface area (Å²) in [6.45, 7) is 8.86. The number of carbonyl (C=O) groups excluding carboxylic acids is 1. The normalized spacial score (nSPS) is 23.8. The van der Waals surface area contributed by atoms with Gasteiger partial charge in [0, 0.05) is 6.54 Å². The first-order chi connectivity index (χ1) is 9.43. The second-order valence-corrected chi connectivity index (χ2v) is 6.46. The third-order valence-corrected chi connectivity index (χ3v) is 4.37. The van der Waals surface area contributed by atoms with Gasteiger partial charge in [-0.1, -0.05) is 24.3 Å². The van der Waals surface area contributed by atoms with Crippen molar-refractivity contribution in [3.8, 4) is 0 Å². The van der Waals surface area contributed by atoms with Crippen LogP contribution in [0.3, 0.4) is 0 Å². The number of fused-ring (bicyclic) bond motifs is 3. The van der Waals surface area contributed by atoms with E-state index in [4.69, 9.17) is 4.74 Å². The lowest BCUT2D eigenvalue weighted by molar-refractivity contribution is -0.168. The van der Waals surface area contributed by atoms with Crippen molar-refractivity contribution in [3.63, 3.8) is 0 Å². The average molecular weight is 271 g/mol. The Morgan fingerprint density at radius 3 is 2.70 bits per heavy atom. The highest BCUT2D eigenvalue weighted by Crippen LogP contribution is 2.48. The van der Waals surface area contributed by atoms with Gasteiger partial charge in [-0.05, 0) is 50.8 Å². The number of carbonyl (C=O) groups is 1. The Balaban J connectivity index is 2.18. The lowest BCUT2D eigenvalue weighted by Gasteiger charge is -2.50.